The summed E-state index contributed by atoms with van der Waals surface area (Å²) in [5.74, 6) is -0.804. The minimum atomic E-state index is -4.90. The third-order valence-electron chi connectivity index (χ3n) is 1.79. The topological polar surface area (TPSA) is 55.4 Å². The number of ether oxygens (including phenoxy) is 1. The minimum Gasteiger partial charge on any atom is -0.465 e. The van der Waals surface area contributed by atoms with Crippen LogP contribution in [0.3, 0.4) is 0 Å². The molecule has 1 unspecified atom stereocenters. The monoisotopic (exact) mass is 331 g/mol. The van der Waals surface area contributed by atoms with Gasteiger partial charge in [-0.15, -0.1) is 0 Å². The number of hydrogen-bond donors (Lipinski definition) is 1. The van der Waals surface area contributed by atoms with Crippen LogP contribution in [0.4, 0.5) is 18.9 Å². The summed E-state index contributed by atoms with van der Waals surface area (Å²) >= 11 is 5.67. The molecule has 4 nitrogen and oxygen atoms in total. The van der Waals surface area contributed by atoms with Crippen LogP contribution in [0.1, 0.15) is 24.2 Å². The van der Waals surface area contributed by atoms with Crippen LogP contribution >= 0.6 is 11.6 Å². The van der Waals surface area contributed by atoms with E-state index < -0.39 is 22.5 Å². The van der Waals surface area contributed by atoms with Gasteiger partial charge >= 0.3 is 11.5 Å². The second-order valence-corrected chi connectivity index (χ2v) is 4.61. The number of hydrogen-bond acceptors (Lipinski definition) is 3. The Balaban J connectivity index is 0.00000172. The Morgan fingerprint density at radius 3 is 2.35 bits per heavy atom. The van der Waals surface area contributed by atoms with Crippen molar-refractivity contribution in [1.82, 2.24) is 0 Å². The summed E-state index contributed by atoms with van der Waals surface area (Å²) < 4.78 is 53.1. The Morgan fingerprint density at radius 2 is 1.90 bits per heavy atom. The standard InChI is InChI=1S/C9H7ClF3NO3S.C2H6/c1-17-8(15)6-4-5(2-3-7(6)10)14-18(16)9(11,12)13;1-2/h2-4,14H,1H3;1-2H3. The maximum atomic E-state index is 12.1. The van der Waals surface area contributed by atoms with Crippen LogP contribution in [-0.4, -0.2) is 22.8 Å². The molecule has 1 aromatic carbocycles. The zero-order valence-electron chi connectivity index (χ0n) is 10.9. The molecule has 1 rings (SSSR count). The fourth-order valence-electron chi connectivity index (χ4n) is 1.02. The van der Waals surface area contributed by atoms with Gasteiger partial charge in [-0.05, 0) is 18.2 Å². The van der Waals surface area contributed by atoms with Crippen molar-refractivity contribution in [3.05, 3.63) is 28.8 Å². The minimum absolute atomic E-state index is 0.0187. The summed E-state index contributed by atoms with van der Waals surface area (Å²) in [6.07, 6.45) is 0. The second-order valence-electron chi connectivity index (χ2n) is 3.00. The molecule has 1 N–H and O–H groups in total. The van der Waals surface area contributed by atoms with Crippen LogP contribution in [0.5, 0.6) is 0 Å². The van der Waals surface area contributed by atoms with Gasteiger partial charge in [-0.2, -0.15) is 13.2 Å². The van der Waals surface area contributed by atoms with Crippen LogP contribution in [0.15, 0.2) is 18.2 Å². The molecule has 0 heterocycles. The molecule has 114 valence electrons. The first-order chi connectivity index (χ1) is 9.25. The fourth-order valence-corrected chi connectivity index (χ4v) is 1.67. The molecule has 1 atom stereocenters. The number of rotatable bonds is 3. The maximum absolute atomic E-state index is 12.1. The summed E-state index contributed by atoms with van der Waals surface area (Å²) in [6.45, 7) is 4.00. The summed E-state index contributed by atoms with van der Waals surface area (Å²) in [5.41, 5.74) is -5.18. The van der Waals surface area contributed by atoms with Gasteiger partial charge in [0, 0.05) is 5.69 Å². The molecule has 0 amide bonds. The summed E-state index contributed by atoms with van der Waals surface area (Å²) in [4.78, 5) is 11.2. The molecular weight excluding hydrogens is 319 g/mol. The highest BCUT2D eigenvalue weighted by atomic mass is 35.5. The van der Waals surface area contributed by atoms with Gasteiger partial charge in [0.05, 0.1) is 17.7 Å². The van der Waals surface area contributed by atoms with Gasteiger partial charge in [0.15, 0.2) is 0 Å². The quantitative estimate of drug-likeness (QED) is 0.858. The van der Waals surface area contributed by atoms with Gasteiger partial charge < -0.3 is 4.74 Å². The Labute approximate surface area is 121 Å². The molecular formula is C11H13ClF3NO3S. The van der Waals surface area contributed by atoms with Crippen LogP contribution in [0.25, 0.3) is 0 Å². The van der Waals surface area contributed by atoms with E-state index in [-0.39, 0.29) is 16.3 Å². The number of anilines is 1. The van der Waals surface area contributed by atoms with E-state index in [2.05, 4.69) is 4.74 Å². The van der Waals surface area contributed by atoms with Crippen molar-refractivity contribution in [2.45, 2.75) is 19.4 Å². The SMILES string of the molecule is CC.COC(=O)c1cc(NS(=O)C(F)(F)F)ccc1Cl. The fraction of sp³-hybridized carbons (Fsp3) is 0.364. The third-order valence-corrected chi connectivity index (χ3v) is 2.96. The lowest BCUT2D eigenvalue weighted by Gasteiger charge is -2.10. The van der Waals surface area contributed by atoms with E-state index in [1.54, 1.807) is 4.72 Å². The molecule has 0 aliphatic heterocycles. The van der Waals surface area contributed by atoms with Crippen LogP contribution in [0.2, 0.25) is 5.02 Å². The van der Waals surface area contributed by atoms with E-state index in [4.69, 9.17) is 11.6 Å². The van der Waals surface area contributed by atoms with Gasteiger partial charge in [-0.3, -0.25) is 4.72 Å². The van der Waals surface area contributed by atoms with Crippen molar-refractivity contribution >= 4 is 34.2 Å². The van der Waals surface area contributed by atoms with E-state index >= 15 is 0 Å². The van der Waals surface area contributed by atoms with Gasteiger partial charge in [0.2, 0.25) is 11.0 Å². The van der Waals surface area contributed by atoms with Crippen molar-refractivity contribution in [2.75, 3.05) is 11.8 Å². The smallest absolute Gasteiger partial charge is 0.465 e. The van der Waals surface area contributed by atoms with Crippen molar-refractivity contribution in [2.24, 2.45) is 0 Å². The summed E-state index contributed by atoms with van der Waals surface area (Å²) in [6, 6.07) is 3.39. The molecule has 0 saturated carbocycles. The van der Waals surface area contributed by atoms with Gasteiger partial charge in [-0.1, -0.05) is 25.4 Å². The molecule has 0 spiro atoms. The Kier molecular flexibility index (Phi) is 7.59. The number of benzene rings is 1. The molecule has 9 heteroatoms. The highest BCUT2D eigenvalue weighted by Crippen LogP contribution is 2.25. The average molecular weight is 332 g/mol. The molecule has 0 aromatic heterocycles. The number of carbonyl (C=O) groups excluding carboxylic acids is 1. The lowest BCUT2D eigenvalue weighted by molar-refractivity contribution is -0.0379. The van der Waals surface area contributed by atoms with E-state index in [9.17, 15) is 22.2 Å². The third kappa shape index (κ3) is 5.38. The normalized spacial score (nSPS) is 11.9. The number of esters is 1. The number of methoxy groups -OCH3 is 1. The molecule has 0 aliphatic carbocycles. The molecule has 0 radical (unpaired) electrons. The number of nitrogens with one attached hydrogen (secondary N) is 1. The van der Waals surface area contributed by atoms with E-state index in [1.807, 2.05) is 13.8 Å². The predicted octanol–water partition coefficient (Wildman–Crippen LogP) is 3.75. The molecule has 0 aliphatic rings. The lowest BCUT2D eigenvalue weighted by atomic mass is 10.2. The largest absolute Gasteiger partial charge is 0.490 e. The van der Waals surface area contributed by atoms with Crippen molar-refractivity contribution in [1.29, 1.82) is 0 Å². The average Bonchev–Trinajstić information content (AvgIpc) is 2.41. The first-order valence-corrected chi connectivity index (χ1v) is 6.91. The zero-order valence-corrected chi connectivity index (χ0v) is 12.4. The lowest BCUT2D eigenvalue weighted by Crippen LogP contribution is -2.23. The van der Waals surface area contributed by atoms with Gasteiger partial charge in [-0.25, -0.2) is 9.00 Å². The molecule has 0 bridgehead atoms. The van der Waals surface area contributed by atoms with Crippen LogP contribution in [0, 0.1) is 0 Å². The number of alkyl halides is 3. The van der Waals surface area contributed by atoms with Crippen LogP contribution < -0.4 is 4.72 Å². The molecule has 1 aromatic rings. The second kappa shape index (κ2) is 8.11. The predicted molar refractivity (Wildman–Crippen MR) is 72.0 cm³/mol. The Hall–Kier alpha value is -1.28. The molecule has 0 saturated heterocycles. The van der Waals surface area contributed by atoms with E-state index in [0.29, 0.717) is 0 Å². The van der Waals surface area contributed by atoms with E-state index in [1.165, 1.54) is 12.1 Å². The number of carbonyl (C=O) groups is 1. The Morgan fingerprint density at radius 1 is 1.35 bits per heavy atom. The highest BCUT2D eigenvalue weighted by Gasteiger charge is 2.37. The zero-order chi connectivity index (χ0) is 15.9. The summed E-state index contributed by atoms with van der Waals surface area (Å²) in [5, 5.41) is 0.0187. The van der Waals surface area contributed by atoms with Crippen LogP contribution in [-0.2, 0) is 15.7 Å². The van der Waals surface area contributed by atoms with Gasteiger partial charge in [0.1, 0.15) is 0 Å². The first-order valence-electron chi connectivity index (χ1n) is 5.39. The maximum Gasteiger partial charge on any atom is 0.490 e. The van der Waals surface area contributed by atoms with E-state index in [0.717, 1.165) is 13.2 Å². The first kappa shape index (κ1) is 18.7. The van der Waals surface area contributed by atoms with Crippen molar-refractivity contribution in [3.8, 4) is 0 Å². The molecule has 20 heavy (non-hydrogen) atoms. The Bertz CT molecular complexity index is 494. The van der Waals surface area contributed by atoms with Gasteiger partial charge in [0.25, 0.3) is 0 Å². The number of halogens is 4. The van der Waals surface area contributed by atoms with Crippen molar-refractivity contribution < 1.29 is 26.9 Å². The molecule has 0 fully saturated rings. The van der Waals surface area contributed by atoms with Crippen molar-refractivity contribution in [3.63, 3.8) is 0 Å². The highest BCUT2D eigenvalue weighted by molar-refractivity contribution is 7.87. The summed E-state index contributed by atoms with van der Waals surface area (Å²) in [7, 11) is -2.16.